The van der Waals surface area contributed by atoms with E-state index in [9.17, 15) is 17.6 Å². The van der Waals surface area contributed by atoms with Crippen molar-refractivity contribution in [2.24, 2.45) is 0 Å². The third-order valence-electron chi connectivity index (χ3n) is 3.57. The van der Waals surface area contributed by atoms with E-state index in [-0.39, 0.29) is 16.1 Å². The Labute approximate surface area is 160 Å². The maximum atomic E-state index is 13.2. The largest absolute Gasteiger partial charge is 0.322 e. The van der Waals surface area contributed by atoms with E-state index in [0.29, 0.717) is 10.7 Å². The predicted octanol–water partition coefficient (Wildman–Crippen LogP) is 4.53. The molecule has 0 unspecified atom stereocenters. The van der Waals surface area contributed by atoms with Crippen LogP contribution < -0.4 is 10.0 Å². The van der Waals surface area contributed by atoms with Crippen LogP contribution in [0.3, 0.4) is 0 Å². The van der Waals surface area contributed by atoms with Gasteiger partial charge in [0.1, 0.15) is 5.82 Å². The monoisotopic (exact) mass is 404 g/mol. The van der Waals surface area contributed by atoms with Crippen LogP contribution in [-0.2, 0) is 10.0 Å². The molecule has 0 radical (unpaired) electrons. The van der Waals surface area contributed by atoms with E-state index in [0.717, 1.165) is 0 Å². The topological polar surface area (TPSA) is 75.3 Å². The highest BCUT2D eigenvalue weighted by Crippen LogP contribution is 2.20. The molecule has 0 aromatic heterocycles. The molecule has 0 aliphatic carbocycles. The quantitative estimate of drug-likeness (QED) is 0.655. The Morgan fingerprint density at radius 3 is 2.33 bits per heavy atom. The summed E-state index contributed by atoms with van der Waals surface area (Å²) >= 11 is 5.86. The average molecular weight is 405 g/mol. The van der Waals surface area contributed by atoms with Gasteiger partial charge in [0.2, 0.25) is 0 Å². The van der Waals surface area contributed by atoms with Crippen molar-refractivity contribution in [3.63, 3.8) is 0 Å². The molecule has 8 heteroatoms. The maximum Gasteiger partial charge on any atom is 0.261 e. The Morgan fingerprint density at radius 1 is 0.889 bits per heavy atom. The molecule has 0 fully saturated rings. The molecule has 3 aromatic rings. The van der Waals surface area contributed by atoms with E-state index in [2.05, 4.69) is 10.0 Å². The zero-order chi connectivity index (χ0) is 19.4. The maximum absolute atomic E-state index is 13.2. The standard InChI is InChI=1S/C19H14ClFN2O3S/c20-14-5-2-8-17(11-14)23-27(25,26)18-9-1-4-13(10-18)19(24)22-16-7-3-6-15(21)12-16/h1-12,23H,(H,22,24). The second-order valence-electron chi connectivity index (χ2n) is 5.61. The average Bonchev–Trinajstić information content (AvgIpc) is 2.61. The first-order chi connectivity index (χ1) is 12.8. The fourth-order valence-electron chi connectivity index (χ4n) is 2.34. The van der Waals surface area contributed by atoms with Gasteiger partial charge in [-0.2, -0.15) is 0 Å². The Hall–Kier alpha value is -2.90. The molecule has 5 nitrogen and oxygen atoms in total. The van der Waals surface area contributed by atoms with E-state index in [1.54, 1.807) is 18.2 Å². The molecule has 0 spiro atoms. The van der Waals surface area contributed by atoms with Crippen LogP contribution in [0.25, 0.3) is 0 Å². The number of carbonyl (C=O) groups excluding carboxylic acids is 1. The van der Waals surface area contributed by atoms with Gasteiger partial charge in [-0.15, -0.1) is 0 Å². The summed E-state index contributed by atoms with van der Waals surface area (Å²) in [6.07, 6.45) is 0. The minimum atomic E-state index is -3.91. The first-order valence-corrected chi connectivity index (χ1v) is 9.65. The smallest absolute Gasteiger partial charge is 0.261 e. The lowest BCUT2D eigenvalue weighted by molar-refractivity contribution is 0.102. The molecule has 0 saturated heterocycles. The molecular weight excluding hydrogens is 391 g/mol. The van der Waals surface area contributed by atoms with Crippen LogP contribution in [0.5, 0.6) is 0 Å². The van der Waals surface area contributed by atoms with E-state index in [1.165, 1.54) is 54.6 Å². The molecule has 3 rings (SSSR count). The normalized spacial score (nSPS) is 11.0. The summed E-state index contributed by atoms with van der Waals surface area (Å²) in [5.74, 6) is -1.05. The van der Waals surface area contributed by atoms with Gasteiger partial charge in [0, 0.05) is 16.3 Å². The van der Waals surface area contributed by atoms with Gasteiger partial charge in [-0.1, -0.05) is 29.8 Å². The molecule has 138 valence electrons. The summed E-state index contributed by atoms with van der Waals surface area (Å²) in [5.41, 5.74) is 0.690. The van der Waals surface area contributed by atoms with Crippen LogP contribution in [0.15, 0.2) is 77.7 Å². The highest BCUT2D eigenvalue weighted by Gasteiger charge is 2.17. The third-order valence-corrected chi connectivity index (χ3v) is 5.18. The van der Waals surface area contributed by atoms with Gasteiger partial charge in [0.05, 0.1) is 10.6 Å². The fraction of sp³-hybridized carbons (Fsp3) is 0. The summed E-state index contributed by atoms with van der Waals surface area (Å²) < 4.78 is 40.7. The number of carbonyl (C=O) groups is 1. The Balaban J connectivity index is 1.82. The summed E-state index contributed by atoms with van der Waals surface area (Å²) in [7, 11) is -3.91. The second kappa shape index (κ2) is 7.77. The molecule has 1 amide bonds. The Kier molecular flexibility index (Phi) is 5.43. The van der Waals surface area contributed by atoms with Crippen molar-refractivity contribution in [2.75, 3.05) is 10.0 Å². The molecule has 0 saturated carbocycles. The van der Waals surface area contributed by atoms with Crippen LogP contribution in [0.4, 0.5) is 15.8 Å². The molecule has 0 aliphatic rings. The van der Waals surface area contributed by atoms with Crippen LogP contribution in [0, 0.1) is 5.82 Å². The van der Waals surface area contributed by atoms with E-state index in [4.69, 9.17) is 11.6 Å². The highest BCUT2D eigenvalue weighted by molar-refractivity contribution is 7.92. The molecule has 0 bridgehead atoms. The minimum absolute atomic E-state index is 0.0885. The number of benzene rings is 3. The first kappa shape index (κ1) is 18.9. The number of amides is 1. The lowest BCUT2D eigenvalue weighted by atomic mass is 10.2. The zero-order valence-corrected chi connectivity index (χ0v) is 15.4. The molecule has 0 aliphatic heterocycles. The van der Waals surface area contributed by atoms with Crippen LogP contribution in [0.1, 0.15) is 10.4 Å². The predicted molar refractivity (Wildman–Crippen MR) is 103 cm³/mol. The van der Waals surface area contributed by atoms with Crippen molar-refractivity contribution in [2.45, 2.75) is 4.90 Å². The number of sulfonamides is 1. The van der Waals surface area contributed by atoms with Crippen molar-refractivity contribution >= 4 is 38.9 Å². The van der Waals surface area contributed by atoms with E-state index < -0.39 is 21.7 Å². The number of rotatable bonds is 5. The molecule has 27 heavy (non-hydrogen) atoms. The van der Waals surface area contributed by atoms with Crippen molar-refractivity contribution in [1.82, 2.24) is 0 Å². The van der Waals surface area contributed by atoms with Gasteiger partial charge >= 0.3 is 0 Å². The SMILES string of the molecule is O=C(Nc1cccc(F)c1)c1cccc(S(=O)(=O)Nc2cccc(Cl)c2)c1. The summed E-state index contributed by atoms with van der Waals surface area (Å²) in [5, 5.41) is 2.91. The lowest BCUT2D eigenvalue weighted by Crippen LogP contribution is -2.16. The molecule has 2 N–H and O–H groups in total. The van der Waals surface area contributed by atoms with E-state index >= 15 is 0 Å². The van der Waals surface area contributed by atoms with Gasteiger partial charge in [-0.05, 0) is 54.6 Å². The fourth-order valence-corrected chi connectivity index (χ4v) is 3.63. The van der Waals surface area contributed by atoms with Crippen molar-refractivity contribution in [3.05, 3.63) is 89.2 Å². The summed E-state index contributed by atoms with van der Waals surface area (Å²) in [6.45, 7) is 0. The van der Waals surface area contributed by atoms with Crippen LogP contribution in [0.2, 0.25) is 5.02 Å². The number of hydrogen-bond acceptors (Lipinski definition) is 3. The lowest BCUT2D eigenvalue weighted by Gasteiger charge is -2.10. The van der Waals surface area contributed by atoms with Gasteiger partial charge in [-0.3, -0.25) is 9.52 Å². The van der Waals surface area contributed by atoms with Gasteiger partial charge < -0.3 is 5.32 Å². The van der Waals surface area contributed by atoms with Gasteiger partial charge in [0.15, 0.2) is 0 Å². The third kappa shape index (κ3) is 4.84. The van der Waals surface area contributed by atoms with Crippen LogP contribution in [-0.4, -0.2) is 14.3 Å². The first-order valence-electron chi connectivity index (χ1n) is 7.79. The van der Waals surface area contributed by atoms with Crippen molar-refractivity contribution in [3.8, 4) is 0 Å². The highest BCUT2D eigenvalue weighted by atomic mass is 35.5. The van der Waals surface area contributed by atoms with Crippen LogP contribution >= 0.6 is 11.6 Å². The molecule has 3 aromatic carbocycles. The number of halogens is 2. The molecular formula is C19H14ClFN2O3S. The molecule has 0 atom stereocenters. The number of anilines is 2. The van der Waals surface area contributed by atoms with Crippen molar-refractivity contribution in [1.29, 1.82) is 0 Å². The van der Waals surface area contributed by atoms with E-state index in [1.807, 2.05) is 0 Å². The second-order valence-corrected chi connectivity index (χ2v) is 7.73. The Morgan fingerprint density at radius 2 is 1.59 bits per heavy atom. The molecule has 0 heterocycles. The summed E-state index contributed by atoms with van der Waals surface area (Å²) in [6, 6.07) is 17.2. The minimum Gasteiger partial charge on any atom is -0.322 e. The Bertz CT molecular complexity index is 1100. The van der Waals surface area contributed by atoms with Crippen molar-refractivity contribution < 1.29 is 17.6 Å². The van der Waals surface area contributed by atoms with Gasteiger partial charge in [0.25, 0.3) is 15.9 Å². The summed E-state index contributed by atoms with van der Waals surface area (Å²) in [4.78, 5) is 12.3. The number of hydrogen-bond donors (Lipinski definition) is 2. The number of nitrogens with one attached hydrogen (secondary N) is 2. The zero-order valence-electron chi connectivity index (χ0n) is 13.8. The van der Waals surface area contributed by atoms with Gasteiger partial charge in [-0.25, -0.2) is 12.8 Å².